The molecule has 3 nitrogen and oxygen atoms in total. The zero-order chi connectivity index (χ0) is 8.43. The molecule has 0 spiro atoms. The molecule has 1 aromatic rings. The Morgan fingerprint density at radius 1 is 1.45 bits per heavy atom. The predicted octanol–water partition coefficient (Wildman–Crippen LogP) is 0.396. The van der Waals surface area contributed by atoms with Gasteiger partial charge in [-0.1, -0.05) is 0 Å². The lowest BCUT2D eigenvalue weighted by Gasteiger charge is -2.06. The highest BCUT2D eigenvalue weighted by molar-refractivity contribution is 5.16. The summed E-state index contributed by atoms with van der Waals surface area (Å²) in [7, 11) is 0. The van der Waals surface area contributed by atoms with Crippen molar-refractivity contribution in [3.05, 3.63) is 34.3 Å². The molecule has 60 valence electrons. The summed E-state index contributed by atoms with van der Waals surface area (Å²) in [5, 5.41) is 11.2. The quantitative estimate of drug-likeness (QED) is 0.467. The SMILES string of the molecule is Cc1ccc(CN)c(C)[n+]1[O-]. The number of aryl methyl sites for hydroxylation is 1. The van der Waals surface area contributed by atoms with Gasteiger partial charge in [-0.15, -0.1) is 0 Å². The normalized spacial score (nSPS) is 10.1. The van der Waals surface area contributed by atoms with E-state index in [2.05, 4.69) is 0 Å². The van der Waals surface area contributed by atoms with Crippen molar-refractivity contribution in [1.82, 2.24) is 0 Å². The van der Waals surface area contributed by atoms with Gasteiger partial charge >= 0.3 is 0 Å². The molecule has 0 amide bonds. The molecule has 2 N–H and O–H groups in total. The third-order valence-corrected chi connectivity index (χ3v) is 1.84. The Bertz CT molecular complexity index is 271. The molecule has 0 bridgehead atoms. The predicted molar refractivity (Wildman–Crippen MR) is 42.8 cm³/mol. The van der Waals surface area contributed by atoms with E-state index in [9.17, 15) is 5.21 Å². The maximum Gasteiger partial charge on any atom is 0.194 e. The molecular weight excluding hydrogens is 140 g/mol. The number of hydrogen-bond acceptors (Lipinski definition) is 2. The standard InChI is InChI=1S/C8H12N2O/c1-6-3-4-8(5-9)7(2)10(6)11/h3-4H,5,9H2,1-2H3. The zero-order valence-corrected chi connectivity index (χ0v) is 6.79. The van der Waals surface area contributed by atoms with Crippen LogP contribution in [-0.2, 0) is 6.54 Å². The molecular formula is C8H12N2O. The summed E-state index contributed by atoms with van der Waals surface area (Å²) in [6.07, 6.45) is 0. The second-order valence-corrected chi connectivity index (χ2v) is 2.58. The number of hydrogen-bond donors (Lipinski definition) is 1. The fourth-order valence-electron chi connectivity index (χ4n) is 1.02. The summed E-state index contributed by atoms with van der Waals surface area (Å²) < 4.78 is 0.905. The van der Waals surface area contributed by atoms with Gasteiger partial charge in [0.15, 0.2) is 11.4 Å². The molecule has 1 aromatic heterocycles. The largest absolute Gasteiger partial charge is 0.618 e. The van der Waals surface area contributed by atoms with E-state index < -0.39 is 0 Å². The van der Waals surface area contributed by atoms with E-state index in [4.69, 9.17) is 5.73 Å². The smallest absolute Gasteiger partial charge is 0.194 e. The molecule has 0 saturated heterocycles. The zero-order valence-electron chi connectivity index (χ0n) is 6.79. The van der Waals surface area contributed by atoms with Gasteiger partial charge in [0.2, 0.25) is 0 Å². The molecule has 0 unspecified atom stereocenters. The second-order valence-electron chi connectivity index (χ2n) is 2.58. The van der Waals surface area contributed by atoms with E-state index in [0.717, 1.165) is 10.3 Å². The Balaban J connectivity index is 3.25. The molecule has 0 aliphatic heterocycles. The van der Waals surface area contributed by atoms with Gasteiger partial charge in [-0.3, -0.25) is 0 Å². The van der Waals surface area contributed by atoms with Crippen LogP contribution in [0.2, 0.25) is 0 Å². The van der Waals surface area contributed by atoms with Crippen molar-refractivity contribution < 1.29 is 4.73 Å². The molecule has 3 heteroatoms. The first-order valence-electron chi connectivity index (χ1n) is 3.55. The fourth-order valence-corrected chi connectivity index (χ4v) is 1.02. The Kier molecular flexibility index (Phi) is 2.10. The summed E-state index contributed by atoms with van der Waals surface area (Å²) in [4.78, 5) is 0. The van der Waals surface area contributed by atoms with Crippen LogP contribution in [0, 0.1) is 19.1 Å². The minimum Gasteiger partial charge on any atom is -0.618 e. The number of pyridine rings is 1. The van der Waals surface area contributed by atoms with Crippen molar-refractivity contribution >= 4 is 0 Å². The Morgan fingerprint density at radius 3 is 2.64 bits per heavy atom. The molecule has 1 rings (SSSR count). The van der Waals surface area contributed by atoms with Gasteiger partial charge in [0, 0.05) is 32.0 Å². The second kappa shape index (κ2) is 2.88. The van der Waals surface area contributed by atoms with Gasteiger partial charge in [-0.25, -0.2) is 0 Å². The summed E-state index contributed by atoms with van der Waals surface area (Å²) in [5.74, 6) is 0. The molecule has 0 saturated carbocycles. The topological polar surface area (TPSA) is 53.0 Å². The summed E-state index contributed by atoms with van der Waals surface area (Å²) >= 11 is 0. The highest BCUT2D eigenvalue weighted by Gasteiger charge is 2.07. The molecule has 0 atom stereocenters. The lowest BCUT2D eigenvalue weighted by molar-refractivity contribution is -0.619. The molecule has 11 heavy (non-hydrogen) atoms. The number of rotatable bonds is 1. The van der Waals surface area contributed by atoms with E-state index in [0.29, 0.717) is 17.9 Å². The van der Waals surface area contributed by atoms with E-state index in [1.807, 2.05) is 6.07 Å². The molecule has 0 radical (unpaired) electrons. The highest BCUT2D eigenvalue weighted by atomic mass is 16.5. The van der Waals surface area contributed by atoms with Gasteiger partial charge in [-0.05, 0) is 6.07 Å². The van der Waals surface area contributed by atoms with E-state index in [1.54, 1.807) is 19.9 Å². The van der Waals surface area contributed by atoms with E-state index >= 15 is 0 Å². The monoisotopic (exact) mass is 152 g/mol. The lowest BCUT2D eigenvalue weighted by atomic mass is 10.2. The highest BCUT2D eigenvalue weighted by Crippen LogP contribution is 2.02. The summed E-state index contributed by atoms with van der Waals surface area (Å²) in [6, 6.07) is 3.67. The van der Waals surface area contributed by atoms with Crippen molar-refractivity contribution in [3.8, 4) is 0 Å². The first-order valence-corrected chi connectivity index (χ1v) is 3.55. The van der Waals surface area contributed by atoms with Crippen molar-refractivity contribution in [2.24, 2.45) is 5.73 Å². The molecule has 0 aliphatic carbocycles. The van der Waals surface area contributed by atoms with Crippen molar-refractivity contribution in [2.75, 3.05) is 0 Å². The van der Waals surface area contributed by atoms with E-state index in [-0.39, 0.29) is 0 Å². The lowest BCUT2D eigenvalue weighted by Crippen LogP contribution is -2.35. The summed E-state index contributed by atoms with van der Waals surface area (Å²) in [5.41, 5.74) is 7.73. The van der Waals surface area contributed by atoms with Crippen LogP contribution in [0.5, 0.6) is 0 Å². The average molecular weight is 152 g/mol. The van der Waals surface area contributed by atoms with Gasteiger partial charge in [0.25, 0.3) is 0 Å². The van der Waals surface area contributed by atoms with Crippen LogP contribution < -0.4 is 10.5 Å². The first-order chi connectivity index (χ1) is 5.16. The number of aromatic nitrogens is 1. The minimum absolute atomic E-state index is 0.425. The third-order valence-electron chi connectivity index (χ3n) is 1.84. The van der Waals surface area contributed by atoms with Crippen LogP contribution in [0.1, 0.15) is 17.0 Å². The van der Waals surface area contributed by atoms with Gasteiger partial charge in [-0.2, -0.15) is 4.73 Å². The maximum atomic E-state index is 11.2. The Hall–Kier alpha value is -1.09. The van der Waals surface area contributed by atoms with Crippen LogP contribution in [0.4, 0.5) is 0 Å². The maximum absolute atomic E-state index is 11.2. The van der Waals surface area contributed by atoms with Crippen LogP contribution in [-0.4, -0.2) is 0 Å². The first kappa shape index (κ1) is 8.01. The van der Waals surface area contributed by atoms with Crippen molar-refractivity contribution in [3.63, 3.8) is 0 Å². The van der Waals surface area contributed by atoms with Crippen molar-refractivity contribution in [1.29, 1.82) is 0 Å². The van der Waals surface area contributed by atoms with Crippen LogP contribution in [0.25, 0.3) is 0 Å². The molecule has 0 aromatic carbocycles. The van der Waals surface area contributed by atoms with E-state index in [1.165, 1.54) is 0 Å². The molecule has 0 aliphatic rings. The Morgan fingerprint density at radius 2 is 2.09 bits per heavy atom. The number of nitrogens with two attached hydrogens (primary N) is 1. The minimum atomic E-state index is 0.425. The third kappa shape index (κ3) is 1.33. The number of nitrogens with zero attached hydrogens (tertiary/aromatic N) is 1. The van der Waals surface area contributed by atoms with Crippen molar-refractivity contribution in [2.45, 2.75) is 20.4 Å². The van der Waals surface area contributed by atoms with Gasteiger partial charge in [0.1, 0.15) is 0 Å². The fraction of sp³-hybridized carbons (Fsp3) is 0.375. The van der Waals surface area contributed by atoms with Gasteiger partial charge in [0.05, 0.1) is 0 Å². The van der Waals surface area contributed by atoms with Crippen LogP contribution in [0.15, 0.2) is 12.1 Å². The average Bonchev–Trinajstić information content (AvgIpc) is 2.01. The molecule has 0 fully saturated rings. The van der Waals surface area contributed by atoms with Crippen LogP contribution in [0.3, 0.4) is 0 Å². The van der Waals surface area contributed by atoms with Gasteiger partial charge < -0.3 is 10.9 Å². The molecule has 1 heterocycles. The summed E-state index contributed by atoms with van der Waals surface area (Å²) in [6.45, 7) is 3.98. The Labute approximate surface area is 66.0 Å². The van der Waals surface area contributed by atoms with Crippen LogP contribution >= 0.6 is 0 Å².